The third-order valence-corrected chi connectivity index (χ3v) is 5.09. The fourth-order valence-electron chi connectivity index (χ4n) is 2.72. The lowest BCUT2D eigenvalue weighted by Gasteiger charge is -2.06. The van der Waals surface area contributed by atoms with E-state index in [0.29, 0.717) is 31.2 Å². The molecule has 0 N–H and O–H groups in total. The van der Waals surface area contributed by atoms with Gasteiger partial charge in [-0.05, 0) is 43.7 Å². The van der Waals surface area contributed by atoms with Gasteiger partial charge in [0.1, 0.15) is 5.75 Å². The molecule has 2 aromatic carbocycles. The van der Waals surface area contributed by atoms with Gasteiger partial charge in [0, 0.05) is 13.2 Å². The van der Waals surface area contributed by atoms with Gasteiger partial charge in [0.25, 0.3) is 5.91 Å². The maximum atomic E-state index is 12.3. The normalized spacial score (nSPS) is 11.9. The van der Waals surface area contributed by atoms with Crippen LogP contribution in [0.4, 0.5) is 0 Å². The Morgan fingerprint density at radius 1 is 1.15 bits per heavy atom. The number of amides is 1. The molecule has 27 heavy (non-hydrogen) atoms. The first kappa shape index (κ1) is 19.3. The summed E-state index contributed by atoms with van der Waals surface area (Å²) in [6, 6.07) is 15.8. The lowest BCUT2D eigenvalue weighted by molar-refractivity contribution is -0.118. The van der Waals surface area contributed by atoms with Crippen molar-refractivity contribution in [3.8, 4) is 5.75 Å². The van der Waals surface area contributed by atoms with Crippen LogP contribution in [0.3, 0.4) is 0 Å². The number of fused-ring (bicyclic) bond motifs is 1. The minimum absolute atomic E-state index is 0.181. The third-order valence-electron chi connectivity index (χ3n) is 4.05. The van der Waals surface area contributed by atoms with E-state index in [1.54, 1.807) is 0 Å². The predicted octanol–water partition coefficient (Wildman–Crippen LogP) is 3.94. The van der Waals surface area contributed by atoms with Crippen molar-refractivity contribution in [3.05, 3.63) is 58.9 Å². The molecule has 1 aromatic heterocycles. The highest BCUT2D eigenvalue weighted by atomic mass is 32.1. The number of carbonyl (C=O) groups is 1. The van der Waals surface area contributed by atoms with E-state index in [2.05, 4.69) is 34.7 Å². The predicted molar refractivity (Wildman–Crippen MR) is 108 cm³/mol. The van der Waals surface area contributed by atoms with Gasteiger partial charge in [0.05, 0.1) is 29.9 Å². The first-order valence-electron chi connectivity index (χ1n) is 9.10. The number of benzene rings is 2. The number of thiazole rings is 1. The second-order valence-electron chi connectivity index (χ2n) is 6.12. The number of hydrogen-bond donors (Lipinski definition) is 0. The van der Waals surface area contributed by atoms with Gasteiger partial charge in [-0.3, -0.25) is 4.79 Å². The molecule has 142 valence electrons. The summed E-state index contributed by atoms with van der Waals surface area (Å²) in [5, 5.41) is 0. The van der Waals surface area contributed by atoms with Gasteiger partial charge in [0.15, 0.2) is 4.80 Å². The van der Waals surface area contributed by atoms with Gasteiger partial charge < -0.3 is 14.0 Å². The van der Waals surface area contributed by atoms with Crippen LogP contribution in [0.15, 0.2) is 53.5 Å². The Kier molecular flexibility index (Phi) is 6.79. The molecule has 1 amide bonds. The molecule has 0 aliphatic rings. The molecule has 0 aliphatic heterocycles. The average Bonchev–Trinajstić information content (AvgIpc) is 2.99. The number of rotatable bonds is 8. The lowest BCUT2D eigenvalue weighted by atomic mass is 10.2. The Bertz CT molecular complexity index is 960. The van der Waals surface area contributed by atoms with Crippen molar-refractivity contribution in [2.24, 2.45) is 4.99 Å². The second kappa shape index (κ2) is 9.48. The second-order valence-corrected chi connectivity index (χ2v) is 7.13. The Balaban J connectivity index is 1.76. The van der Waals surface area contributed by atoms with E-state index in [1.807, 2.05) is 37.3 Å². The van der Waals surface area contributed by atoms with Crippen LogP contribution in [0.5, 0.6) is 5.75 Å². The third kappa shape index (κ3) is 5.28. The van der Waals surface area contributed by atoms with Gasteiger partial charge in [-0.15, -0.1) is 0 Å². The van der Waals surface area contributed by atoms with Crippen LogP contribution < -0.4 is 9.54 Å². The Morgan fingerprint density at radius 3 is 2.74 bits per heavy atom. The number of hydrogen-bond acceptors (Lipinski definition) is 4. The van der Waals surface area contributed by atoms with Crippen molar-refractivity contribution in [2.75, 3.05) is 19.8 Å². The van der Waals surface area contributed by atoms with Gasteiger partial charge in [-0.1, -0.05) is 35.6 Å². The topological polar surface area (TPSA) is 52.8 Å². The van der Waals surface area contributed by atoms with Crippen LogP contribution in [0.2, 0.25) is 0 Å². The smallest absolute Gasteiger partial charge is 0.251 e. The maximum absolute atomic E-state index is 12.3. The van der Waals surface area contributed by atoms with Crippen molar-refractivity contribution in [3.63, 3.8) is 0 Å². The van der Waals surface area contributed by atoms with Crippen molar-refractivity contribution in [1.82, 2.24) is 4.57 Å². The number of nitrogens with zero attached hydrogens (tertiary/aromatic N) is 2. The average molecular weight is 385 g/mol. The summed E-state index contributed by atoms with van der Waals surface area (Å²) < 4.78 is 14.3. The molecule has 0 fully saturated rings. The largest absolute Gasteiger partial charge is 0.493 e. The van der Waals surface area contributed by atoms with E-state index in [9.17, 15) is 4.79 Å². The fourth-order valence-corrected chi connectivity index (χ4v) is 3.89. The Morgan fingerprint density at radius 2 is 1.96 bits per heavy atom. The molecule has 0 spiro atoms. The van der Waals surface area contributed by atoms with Gasteiger partial charge in [-0.2, -0.15) is 4.99 Å². The van der Waals surface area contributed by atoms with E-state index in [4.69, 9.17) is 9.47 Å². The molecule has 6 heteroatoms. The first-order chi connectivity index (χ1) is 13.2. The first-order valence-corrected chi connectivity index (χ1v) is 9.92. The summed E-state index contributed by atoms with van der Waals surface area (Å²) in [5.41, 5.74) is 2.27. The summed E-state index contributed by atoms with van der Waals surface area (Å²) >= 11 is 1.53. The van der Waals surface area contributed by atoms with Crippen LogP contribution in [0.1, 0.15) is 18.9 Å². The molecule has 0 radical (unpaired) electrons. The quantitative estimate of drug-likeness (QED) is 0.553. The van der Waals surface area contributed by atoms with E-state index in [-0.39, 0.29) is 12.3 Å². The summed E-state index contributed by atoms with van der Waals surface area (Å²) in [4.78, 5) is 17.4. The maximum Gasteiger partial charge on any atom is 0.251 e. The molecule has 1 heterocycles. The van der Waals surface area contributed by atoms with Crippen molar-refractivity contribution >= 4 is 27.5 Å². The molecule has 3 aromatic rings. The van der Waals surface area contributed by atoms with Crippen LogP contribution in [0, 0.1) is 6.92 Å². The van der Waals surface area contributed by atoms with Gasteiger partial charge in [0.2, 0.25) is 0 Å². The van der Waals surface area contributed by atoms with E-state index < -0.39 is 0 Å². The highest BCUT2D eigenvalue weighted by Gasteiger charge is 2.08. The van der Waals surface area contributed by atoms with Gasteiger partial charge in [-0.25, -0.2) is 0 Å². The molecule has 0 bridgehead atoms. The van der Waals surface area contributed by atoms with E-state index in [1.165, 1.54) is 16.9 Å². The standard InChI is InChI=1S/C21H24N2O3S/c1-3-25-14-12-23-18-10-9-16(2)15-19(18)27-21(23)22-20(24)11-13-26-17-7-5-4-6-8-17/h4-10,15H,3,11-14H2,1-2H3. The highest BCUT2D eigenvalue weighted by molar-refractivity contribution is 7.16. The number of ether oxygens (including phenoxy) is 2. The van der Waals surface area contributed by atoms with Gasteiger partial charge >= 0.3 is 0 Å². The summed E-state index contributed by atoms with van der Waals surface area (Å²) in [6.07, 6.45) is 0.244. The minimum atomic E-state index is -0.181. The zero-order valence-corrected chi connectivity index (χ0v) is 16.5. The Hall–Kier alpha value is -2.44. The molecule has 5 nitrogen and oxygen atoms in total. The monoisotopic (exact) mass is 384 g/mol. The SMILES string of the molecule is CCOCCn1c(=NC(=O)CCOc2ccccc2)sc2cc(C)ccc21. The molecule has 0 atom stereocenters. The minimum Gasteiger partial charge on any atom is -0.493 e. The number of aryl methyl sites for hydroxylation is 1. The van der Waals surface area contributed by atoms with Crippen molar-refractivity contribution in [2.45, 2.75) is 26.8 Å². The summed E-state index contributed by atoms with van der Waals surface area (Å²) in [5.74, 6) is 0.578. The highest BCUT2D eigenvalue weighted by Crippen LogP contribution is 2.19. The van der Waals surface area contributed by atoms with E-state index in [0.717, 1.165) is 16.0 Å². The molecule has 3 rings (SSSR count). The summed E-state index contributed by atoms with van der Waals surface area (Å²) in [6.45, 7) is 6.28. The van der Waals surface area contributed by atoms with Crippen LogP contribution in [-0.2, 0) is 16.1 Å². The van der Waals surface area contributed by atoms with Crippen LogP contribution in [-0.4, -0.2) is 30.3 Å². The van der Waals surface area contributed by atoms with Crippen molar-refractivity contribution < 1.29 is 14.3 Å². The molecule has 0 saturated carbocycles. The van der Waals surface area contributed by atoms with Crippen molar-refractivity contribution in [1.29, 1.82) is 0 Å². The molecule has 0 saturated heterocycles. The number of para-hydroxylation sites is 1. The number of aromatic nitrogens is 1. The molecule has 0 unspecified atom stereocenters. The number of carbonyl (C=O) groups excluding carboxylic acids is 1. The van der Waals surface area contributed by atoms with Crippen LogP contribution >= 0.6 is 11.3 Å². The molecular weight excluding hydrogens is 360 g/mol. The Labute approximate surface area is 162 Å². The lowest BCUT2D eigenvalue weighted by Crippen LogP contribution is -2.20. The zero-order chi connectivity index (χ0) is 19.1. The summed E-state index contributed by atoms with van der Waals surface area (Å²) in [7, 11) is 0. The molecule has 0 aliphatic carbocycles. The van der Waals surface area contributed by atoms with E-state index >= 15 is 0 Å². The van der Waals surface area contributed by atoms with Crippen LogP contribution in [0.25, 0.3) is 10.2 Å². The zero-order valence-electron chi connectivity index (χ0n) is 15.7. The fraction of sp³-hybridized carbons (Fsp3) is 0.333. The molecular formula is C21H24N2O3S.